The molecule has 2 atom stereocenters. The van der Waals surface area contributed by atoms with Crippen LogP contribution in [0.2, 0.25) is 0 Å². The fraction of sp³-hybridized carbons (Fsp3) is 0.350. The number of benzene rings is 1. The lowest BCUT2D eigenvalue weighted by Gasteiger charge is -2.29. The number of rotatable bonds is 5. The Morgan fingerprint density at radius 2 is 2.15 bits per heavy atom. The van der Waals surface area contributed by atoms with Crippen molar-refractivity contribution in [3.63, 3.8) is 0 Å². The van der Waals surface area contributed by atoms with Crippen LogP contribution in [-0.4, -0.2) is 51.2 Å². The van der Waals surface area contributed by atoms with E-state index >= 15 is 0 Å². The standard InChI is InChI=1S/C20H22N4O3/c1-12-4-2-3-5-15(12)18(26)16-8-21-19-17(16)20(23-11-22-19)24-13-6-7-14(9-25)27-10-13/h2-5,8,11,13-14,25H,6-7,9-10H2,1H3,(H2,21,22,23,24)/t13?,14-/m0/s1. The minimum atomic E-state index is -0.0982. The first kappa shape index (κ1) is 17.6. The number of anilines is 1. The summed E-state index contributed by atoms with van der Waals surface area (Å²) in [5, 5.41) is 13.3. The third-order valence-electron chi connectivity index (χ3n) is 5.02. The van der Waals surface area contributed by atoms with Crippen LogP contribution in [0.15, 0.2) is 36.8 Å². The number of H-pyrrole nitrogens is 1. The number of carbonyl (C=O) groups excluding carboxylic acids is 1. The Labute approximate surface area is 156 Å². The number of ketones is 1. The molecule has 3 heterocycles. The number of aliphatic hydroxyl groups excluding tert-OH is 1. The zero-order chi connectivity index (χ0) is 18.8. The molecule has 3 N–H and O–H groups in total. The smallest absolute Gasteiger partial charge is 0.195 e. The monoisotopic (exact) mass is 366 g/mol. The van der Waals surface area contributed by atoms with Crippen LogP contribution >= 0.6 is 0 Å². The van der Waals surface area contributed by atoms with E-state index in [2.05, 4.69) is 20.3 Å². The Hall–Kier alpha value is -2.77. The van der Waals surface area contributed by atoms with Gasteiger partial charge in [-0.2, -0.15) is 0 Å². The number of aromatic amines is 1. The van der Waals surface area contributed by atoms with E-state index in [4.69, 9.17) is 4.74 Å². The number of ether oxygens (including phenoxy) is 1. The molecule has 7 nitrogen and oxygen atoms in total. The normalized spacial score (nSPS) is 19.9. The van der Waals surface area contributed by atoms with Crippen LogP contribution in [0.5, 0.6) is 0 Å². The molecule has 4 rings (SSSR count). The van der Waals surface area contributed by atoms with Crippen molar-refractivity contribution >= 4 is 22.6 Å². The molecule has 2 aromatic heterocycles. The maximum atomic E-state index is 13.1. The predicted octanol–water partition coefficient (Wildman–Crippen LogP) is 2.45. The summed E-state index contributed by atoms with van der Waals surface area (Å²) in [5.74, 6) is 0.562. The molecule has 1 fully saturated rings. The quantitative estimate of drug-likeness (QED) is 0.600. The summed E-state index contributed by atoms with van der Waals surface area (Å²) in [6.07, 6.45) is 4.72. The number of hydrogen-bond acceptors (Lipinski definition) is 6. The third kappa shape index (κ3) is 3.43. The summed E-state index contributed by atoms with van der Waals surface area (Å²) in [6.45, 7) is 2.45. The van der Waals surface area contributed by atoms with Gasteiger partial charge in [-0.1, -0.05) is 24.3 Å². The van der Waals surface area contributed by atoms with E-state index in [9.17, 15) is 9.90 Å². The maximum Gasteiger partial charge on any atom is 0.195 e. The Morgan fingerprint density at radius 3 is 2.89 bits per heavy atom. The van der Waals surface area contributed by atoms with Crippen molar-refractivity contribution in [1.82, 2.24) is 15.0 Å². The summed E-state index contributed by atoms with van der Waals surface area (Å²) in [6, 6.07) is 7.61. The van der Waals surface area contributed by atoms with Gasteiger partial charge in [0.15, 0.2) is 5.78 Å². The fourth-order valence-corrected chi connectivity index (χ4v) is 3.48. The average molecular weight is 366 g/mol. The number of nitrogens with zero attached hydrogens (tertiary/aromatic N) is 2. The number of carbonyl (C=O) groups is 1. The molecule has 0 aliphatic carbocycles. The molecular weight excluding hydrogens is 344 g/mol. The molecule has 1 aliphatic rings. The SMILES string of the molecule is Cc1ccccc1C(=O)c1c[nH]c2ncnc(NC3CC[C@@H](CO)OC3)c12. The molecule has 1 saturated heterocycles. The lowest BCUT2D eigenvalue weighted by atomic mass is 9.99. The second-order valence-electron chi connectivity index (χ2n) is 6.85. The van der Waals surface area contributed by atoms with Crippen molar-refractivity contribution in [3.8, 4) is 0 Å². The average Bonchev–Trinajstić information content (AvgIpc) is 3.14. The van der Waals surface area contributed by atoms with E-state index in [-0.39, 0.29) is 24.5 Å². The number of aromatic nitrogens is 3. The van der Waals surface area contributed by atoms with Crippen molar-refractivity contribution < 1.29 is 14.6 Å². The molecule has 140 valence electrons. The lowest BCUT2D eigenvalue weighted by Crippen LogP contribution is -2.36. The van der Waals surface area contributed by atoms with Crippen LogP contribution in [0.4, 0.5) is 5.82 Å². The first-order valence-electron chi connectivity index (χ1n) is 9.08. The van der Waals surface area contributed by atoms with E-state index in [1.807, 2.05) is 31.2 Å². The predicted molar refractivity (Wildman–Crippen MR) is 102 cm³/mol. The van der Waals surface area contributed by atoms with Crippen molar-refractivity contribution in [2.45, 2.75) is 31.9 Å². The zero-order valence-corrected chi connectivity index (χ0v) is 15.1. The highest BCUT2D eigenvalue weighted by Gasteiger charge is 2.24. The molecular formula is C20H22N4O3. The Kier molecular flexibility index (Phi) is 4.87. The van der Waals surface area contributed by atoms with Crippen LogP contribution in [0.3, 0.4) is 0 Å². The van der Waals surface area contributed by atoms with Gasteiger partial charge in [0.25, 0.3) is 0 Å². The highest BCUT2D eigenvalue weighted by Crippen LogP contribution is 2.28. The van der Waals surface area contributed by atoms with Crippen molar-refractivity contribution in [2.75, 3.05) is 18.5 Å². The number of aliphatic hydroxyl groups is 1. The van der Waals surface area contributed by atoms with Gasteiger partial charge in [0.05, 0.1) is 36.3 Å². The summed E-state index contributed by atoms with van der Waals surface area (Å²) < 4.78 is 5.64. The Morgan fingerprint density at radius 1 is 1.30 bits per heavy atom. The van der Waals surface area contributed by atoms with Crippen LogP contribution in [0.1, 0.15) is 34.3 Å². The Balaban J connectivity index is 1.66. The number of aryl methyl sites for hydroxylation is 1. The highest BCUT2D eigenvalue weighted by atomic mass is 16.5. The van der Waals surface area contributed by atoms with Gasteiger partial charge < -0.3 is 20.1 Å². The molecule has 1 aliphatic heterocycles. The molecule has 0 radical (unpaired) electrons. The summed E-state index contributed by atoms with van der Waals surface area (Å²) >= 11 is 0. The summed E-state index contributed by atoms with van der Waals surface area (Å²) in [5.41, 5.74) is 2.76. The molecule has 1 aromatic carbocycles. The number of nitrogens with one attached hydrogen (secondary N) is 2. The van der Waals surface area contributed by atoms with Crippen LogP contribution in [-0.2, 0) is 4.74 Å². The van der Waals surface area contributed by atoms with Gasteiger partial charge in [-0.3, -0.25) is 4.79 Å². The topological polar surface area (TPSA) is 100 Å². The first-order chi connectivity index (χ1) is 13.2. The van der Waals surface area contributed by atoms with E-state index in [1.54, 1.807) is 6.20 Å². The van der Waals surface area contributed by atoms with E-state index in [1.165, 1.54) is 6.33 Å². The summed E-state index contributed by atoms with van der Waals surface area (Å²) in [7, 11) is 0. The van der Waals surface area contributed by atoms with E-state index in [0.717, 1.165) is 18.4 Å². The minimum Gasteiger partial charge on any atom is -0.394 e. The molecule has 0 saturated carbocycles. The molecule has 3 aromatic rings. The summed E-state index contributed by atoms with van der Waals surface area (Å²) in [4.78, 5) is 24.8. The minimum absolute atomic E-state index is 0.0390. The fourth-order valence-electron chi connectivity index (χ4n) is 3.48. The van der Waals surface area contributed by atoms with E-state index < -0.39 is 0 Å². The maximum absolute atomic E-state index is 13.1. The number of hydrogen-bond donors (Lipinski definition) is 3. The zero-order valence-electron chi connectivity index (χ0n) is 15.1. The third-order valence-corrected chi connectivity index (χ3v) is 5.02. The molecule has 0 amide bonds. The van der Waals surface area contributed by atoms with Gasteiger partial charge >= 0.3 is 0 Å². The molecule has 7 heteroatoms. The lowest BCUT2D eigenvalue weighted by molar-refractivity contribution is -0.0224. The second kappa shape index (κ2) is 7.46. The Bertz CT molecular complexity index is 961. The van der Waals surface area contributed by atoms with Gasteiger partial charge in [0.1, 0.15) is 17.8 Å². The van der Waals surface area contributed by atoms with Crippen molar-refractivity contribution in [3.05, 3.63) is 53.5 Å². The molecule has 0 spiro atoms. The number of fused-ring (bicyclic) bond motifs is 1. The van der Waals surface area contributed by atoms with Gasteiger partial charge in [-0.15, -0.1) is 0 Å². The van der Waals surface area contributed by atoms with Gasteiger partial charge in [0, 0.05) is 11.8 Å². The van der Waals surface area contributed by atoms with Crippen LogP contribution in [0.25, 0.3) is 11.0 Å². The second-order valence-corrected chi connectivity index (χ2v) is 6.85. The van der Waals surface area contributed by atoms with Crippen molar-refractivity contribution in [2.24, 2.45) is 0 Å². The van der Waals surface area contributed by atoms with Gasteiger partial charge in [0.2, 0.25) is 0 Å². The van der Waals surface area contributed by atoms with E-state index in [0.29, 0.717) is 34.6 Å². The van der Waals surface area contributed by atoms with Crippen LogP contribution < -0.4 is 5.32 Å². The largest absolute Gasteiger partial charge is 0.394 e. The molecule has 1 unspecified atom stereocenters. The van der Waals surface area contributed by atoms with Crippen LogP contribution in [0, 0.1) is 6.92 Å². The van der Waals surface area contributed by atoms with Gasteiger partial charge in [-0.25, -0.2) is 9.97 Å². The molecule has 0 bridgehead atoms. The van der Waals surface area contributed by atoms with Crippen molar-refractivity contribution in [1.29, 1.82) is 0 Å². The first-order valence-corrected chi connectivity index (χ1v) is 9.08. The highest BCUT2D eigenvalue weighted by molar-refractivity contribution is 6.18. The van der Waals surface area contributed by atoms with Gasteiger partial charge in [-0.05, 0) is 25.3 Å². The molecule has 27 heavy (non-hydrogen) atoms.